The molecule has 1 aromatic rings. The lowest BCUT2D eigenvalue weighted by Crippen LogP contribution is -2.32. The number of alkyl halides is 3. The van der Waals surface area contributed by atoms with Crippen LogP contribution < -0.4 is 5.32 Å². The van der Waals surface area contributed by atoms with Gasteiger partial charge in [0.05, 0.1) is 5.56 Å². The van der Waals surface area contributed by atoms with Crippen molar-refractivity contribution in [3.05, 3.63) is 23.9 Å². The number of nitrogens with zero attached hydrogens (tertiary/aromatic N) is 2. The smallest absolute Gasteiger partial charge is 0.369 e. The van der Waals surface area contributed by atoms with Crippen molar-refractivity contribution < 1.29 is 13.2 Å². The molecule has 0 amide bonds. The van der Waals surface area contributed by atoms with Gasteiger partial charge in [-0.3, -0.25) is 0 Å². The summed E-state index contributed by atoms with van der Waals surface area (Å²) in [5, 5.41) is 2.91. The summed E-state index contributed by atoms with van der Waals surface area (Å²) in [5.74, 6) is 0.257. The van der Waals surface area contributed by atoms with Crippen molar-refractivity contribution in [2.45, 2.75) is 32.5 Å². The Morgan fingerprint density at radius 3 is 2.68 bits per heavy atom. The van der Waals surface area contributed by atoms with Gasteiger partial charge >= 0.3 is 6.18 Å². The van der Waals surface area contributed by atoms with Crippen molar-refractivity contribution in [1.82, 2.24) is 9.88 Å². The van der Waals surface area contributed by atoms with Crippen molar-refractivity contribution in [3.63, 3.8) is 0 Å². The highest BCUT2D eigenvalue weighted by Crippen LogP contribution is 2.29. The molecule has 0 aliphatic heterocycles. The van der Waals surface area contributed by atoms with Crippen LogP contribution in [0.1, 0.15) is 25.8 Å². The summed E-state index contributed by atoms with van der Waals surface area (Å²) < 4.78 is 37.5. The van der Waals surface area contributed by atoms with E-state index in [2.05, 4.69) is 29.0 Å². The van der Waals surface area contributed by atoms with Gasteiger partial charge in [-0.15, -0.1) is 0 Å². The van der Waals surface area contributed by atoms with E-state index in [0.29, 0.717) is 12.6 Å². The molecule has 1 rings (SSSR count). The maximum atomic E-state index is 12.5. The monoisotopic (exact) mass is 275 g/mol. The van der Waals surface area contributed by atoms with Crippen LogP contribution in [-0.2, 0) is 6.18 Å². The quantitative estimate of drug-likeness (QED) is 0.864. The molecule has 0 saturated heterocycles. The Labute approximate surface area is 111 Å². The van der Waals surface area contributed by atoms with Gasteiger partial charge in [-0.1, -0.05) is 6.92 Å². The first kappa shape index (κ1) is 15.8. The maximum Gasteiger partial charge on any atom is 0.416 e. The summed E-state index contributed by atoms with van der Waals surface area (Å²) in [6, 6.07) is 2.45. The Balaban J connectivity index is 2.50. The van der Waals surface area contributed by atoms with Crippen molar-refractivity contribution in [1.29, 1.82) is 0 Å². The predicted octanol–water partition coefficient (Wildman–Crippen LogP) is 3.24. The van der Waals surface area contributed by atoms with Gasteiger partial charge in [0.15, 0.2) is 0 Å². The fourth-order valence-electron chi connectivity index (χ4n) is 1.60. The van der Waals surface area contributed by atoms with E-state index in [4.69, 9.17) is 0 Å². The number of hydrogen-bond acceptors (Lipinski definition) is 3. The van der Waals surface area contributed by atoms with Crippen LogP contribution in [0.25, 0.3) is 0 Å². The standard InChI is InChI=1S/C13H20F3N3/c1-4-10(2)19(3)8-7-18-12-9-11(5-6-17-12)13(14,15)16/h5-6,9-10H,4,7-8H2,1-3H3,(H,17,18). The van der Waals surface area contributed by atoms with E-state index in [1.54, 1.807) is 0 Å². The fraction of sp³-hybridized carbons (Fsp3) is 0.615. The van der Waals surface area contributed by atoms with Crippen molar-refractivity contribution in [2.75, 3.05) is 25.5 Å². The molecular weight excluding hydrogens is 255 g/mol. The summed E-state index contributed by atoms with van der Waals surface area (Å²) in [7, 11) is 2.00. The Hall–Kier alpha value is -1.30. The fourth-order valence-corrected chi connectivity index (χ4v) is 1.60. The second-order valence-corrected chi connectivity index (χ2v) is 4.59. The van der Waals surface area contributed by atoms with Crippen LogP contribution in [0.2, 0.25) is 0 Å². The SMILES string of the molecule is CCC(C)N(C)CCNc1cc(C(F)(F)F)ccn1. The molecule has 0 spiro atoms. The number of pyridine rings is 1. The number of likely N-dealkylation sites (N-methyl/N-ethyl adjacent to an activating group) is 1. The molecule has 0 aliphatic carbocycles. The molecule has 1 unspecified atom stereocenters. The molecule has 0 bridgehead atoms. The number of aromatic nitrogens is 1. The first-order valence-corrected chi connectivity index (χ1v) is 6.32. The summed E-state index contributed by atoms with van der Waals surface area (Å²) in [6.07, 6.45) is -2.12. The van der Waals surface area contributed by atoms with Gasteiger partial charge in [0.25, 0.3) is 0 Å². The van der Waals surface area contributed by atoms with Gasteiger partial charge in [0.2, 0.25) is 0 Å². The third-order valence-electron chi connectivity index (χ3n) is 3.20. The molecule has 0 aliphatic rings. The van der Waals surface area contributed by atoms with E-state index >= 15 is 0 Å². The average molecular weight is 275 g/mol. The lowest BCUT2D eigenvalue weighted by Gasteiger charge is -2.23. The third-order valence-corrected chi connectivity index (χ3v) is 3.20. The molecule has 6 heteroatoms. The Bertz CT molecular complexity index is 393. The zero-order valence-corrected chi connectivity index (χ0v) is 11.5. The molecule has 1 heterocycles. The van der Waals surface area contributed by atoms with Crippen LogP contribution in [0.15, 0.2) is 18.3 Å². The topological polar surface area (TPSA) is 28.2 Å². The number of anilines is 1. The lowest BCUT2D eigenvalue weighted by molar-refractivity contribution is -0.137. The number of nitrogens with one attached hydrogen (secondary N) is 1. The van der Waals surface area contributed by atoms with Crippen molar-refractivity contribution in [2.24, 2.45) is 0 Å². The van der Waals surface area contributed by atoms with Gasteiger partial charge in [-0.05, 0) is 32.5 Å². The second-order valence-electron chi connectivity index (χ2n) is 4.59. The molecule has 0 radical (unpaired) electrons. The van der Waals surface area contributed by atoms with E-state index in [-0.39, 0.29) is 5.82 Å². The Kier molecular flexibility index (Phi) is 5.60. The molecule has 108 valence electrons. The van der Waals surface area contributed by atoms with E-state index in [9.17, 15) is 13.2 Å². The first-order chi connectivity index (χ1) is 8.84. The van der Waals surface area contributed by atoms with Crippen molar-refractivity contribution in [3.8, 4) is 0 Å². The molecule has 1 aromatic heterocycles. The summed E-state index contributed by atoms with van der Waals surface area (Å²) in [5.41, 5.74) is -0.680. The Morgan fingerprint density at radius 1 is 1.42 bits per heavy atom. The largest absolute Gasteiger partial charge is 0.416 e. The zero-order chi connectivity index (χ0) is 14.5. The van der Waals surface area contributed by atoms with E-state index in [1.165, 1.54) is 6.20 Å². The highest BCUT2D eigenvalue weighted by atomic mass is 19.4. The van der Waals surface area contributed by atoms with Crippen LogP contribution in [0.4, 0.5) is 19.0 Å². The average Bonchev–Trinajstić information content (AvgIpc) is 2.37. The zero-order valence-electron chi connectivity index (χ0n) is 11.5. The maximum absolute atomic E-state index is 12.5. The number of rotatable bonds is 6. The lowest BCUT2D eigenvalue weighted by atomic mass is 10.2. The van der Waals surface area contributed by atoms with E-state index < -0.39 is 11.7 Å². The van der Waals surface area contributed by atoms with Crippen LogP contribution in [-0.4, -0.2) is 36.1 Å². The molecule has 0 saturated carbocycles. The predicted molar refractivity (Wildman–Crippen MR) is 70.1 cm³/mol. The second kappa shape index (κ2) is 6.75. The van der Waals surface area contributed by atoms with Crippen LogP contribution in [0, 0.1) is 0 Å². The minimum absolute atomic E-state index is 0.257. The number of halogens is 3. The molecule has 1 N–H and O–H groups in total. The van der Waals surface area contributed by atoms with E-state index in [1.807, 2.05) is 7.05 Å². The van der Waals surface area contributed by atoms with Crippen LogP contribution in [0.3, 0.4) is 0 Å². The summed E-state index contributed by atoms with van der Waals surface area (Å²) in [4.78, 5) is 6.04. The highest BCUT2D eigenvalue weighted by molar-refractivity contribution is 5.38. The molecule has 0 fully saturated rings. The molecule has 19 heavy (non-hydrogen) atoms. The van der Waals surface area contributed by atoms with Gasteiger partial charge < -0.3 is 10.2 Å². The van der Waals surface area contributed by atoms with Crippen LogP contribution >= 0.6 is 0 Å². The minimum Gasteiger partial charge on any atom is -0.369 e. The van der Waals surface area contributed by atoms with Crippen LogP contribution in [0.5, 0.6) is 0 Å². The minimum atomic E-state index is -4.33. The Morgan fingerprint density at radius 2 is 2.11 bits per heavy atom. The van der Waals surface area contributed by atoms with Gasteiger partial charge in [0, 0.05) is 25.3 Å². The van der Waals surface area contributed by atoms with Gasteiger partial charge in [0.1, 0.15) is 5.82 Å². The summed E-state index contributed by atoms with van der Waals surface area (Å²) in [6.45, 7) is 5.54. The van der Waals surface area contributed by atoms with Gasteiger partial charge in [-0.25, -0.2) is 4.98 Å². The van der Waals surface area contributed by atoms with Gasteiger partial charge in [-0.2, -0.15) is 13.2 Å². The molecule has 1 atom stereocenters. The number of hydrogen-bond donors (Lipinski definition) is 1. The van der Waals surface area contributed by atoms with Crippen molar-refractivity contribution >= 4 is 5.82 Å². The normalized spacial score (nSPS) is 13.6. The highest BCUT2D eigenvalue weighted by Gasteiger charge is 2.30. The first-order valence-electron chi connectivity index (χ1n) is 6.32. The summed E-state index contributed by atoms with van der Waals surface area (Å²) >= 11 is 0. The van der Waals surface area contributed by atoms with E-state index in [0.717, 1.165) is 25.1 Å². The molecular formula is C13H20F3N3. The molecule has 0 aromatic carbocycles. The molecule has 3 nitrogen and oxygen atoms in total. The third kappa shape index (κ3) is 5.06.